The quantitative estimate of drug-likeness (QED) is 0.575. The van der Waals surface area contributed by atoms with Crippen molar-refractivity contribution in [3.05, 3.63) is 29.8 Å². The average molecular weight is 388 g/mol. The Labute approximate surface area is 152 Å². The molecule has 0 aliphatic heterocycles. The number of rotatable bonds is 7. The third-order valence-corrected chi connectivity index (χ3v) is 10.5. The van der Waals surface area contributed by atoms with Gasteiger partial charge in [-0.2, -0.15) is 4.72 Å². The van der Waals surface area contributed by atoms with Gasteiger partial charge in [-0.3, -0.25) is 4.79 Å². The van der Waals surface area contributed by atoms with E-state index < -0.39 is 30.4 Å². The average Bonchev–Trinajstić information content (AvgIpc) is 2.50. The smallest absolute Gasteiger partial charge is 0.326 e. The fraction of sp³-hybridized carbons (Fsp3) is 0.588. The van der Waals surface area contributed by atoms with Gasteiger partial charge in [-0.1, -0.05) is 38.5 Å². The molecule has 25 heavy (non-hydrogen) atoms. The molecule has 0 bridgehead atoms. The first-order chi connectivity index (χ1) is 11.3. The van der Waals surface area contributed by atoms with Gasteiger partial charge in [-0.15, -0.1) is 0 Å². The van der Waals surface area contributed by atoms with Gasteiger partial charge < -0.3 is 9.16 Å². The van der Waals surface area contributed by atoms with Crippen LogP contribution >= 0.6 is 0 Å². The molecule has 142 valence electrons. The minimum absolute atomic E-state index is 0.0521. The molecule has 0 radical (unpaired) electrons. The van der Waals surface area contributed by atoms with Gasteiger partial charge in [0.25, 0.3) is 0 Å². The van der Waals surface area contributed by atoms with Gasteiger partial charge in [0.15, 0.2) is 8.32 Å². The van der Waals surface area contributed by atoms with Gasteiger partial charge >= 0.3 is 5.97 Å². The summed E-state index contributed by atoms with van der Waals surface area (Å²) in [5, 5.41) is -0.0521. The van der Waals surface area contributed by atoms with Crippen LogP contribution in [0.1, 0.15) is 26.3 Å². The summed E-state index contributed by atoms with van der Waals surface area (Å²) in [6, 6.07) is 5.31. The second-order valence-corrected chi connectivity index (χ2v) is 14.1. The molecule has 1 N–H and O–H groups in total. The number of carbonyl (C=O) groups excluding carboxylic acids is 1. The monoisotopic (exact) mass is 387 g/mol. The van der Waals surface area contributed by atoms with Crippen LogP contribution in [0.5, 0.6) is 0 Å². The number of methoxy groups -OCH3 is 1. The Morgan fingerprint density at radius 1 is 1.20 bits per heavy atom. The fourth-order valence-electron chi connectivity index (χ4n) is 1.77. The third kappa shape index (κ3) is 5.91. The summed E-state index contributed by atoms with van der Waals surface area (Å²) in [6.07, 6.45) is 0. The largest absolute Gasteiger partial charge is 0.468 e. The maximum Gasteiger partial charge on any atom is 0.326 e. The number of nitrogens with one attached hydrogen (secondary N) is 1. The van der Waals surface area contributed by atoms with Crippen molar-refractivity contribution < 1.29 is 22.4 Å². The number of hydrogen-bond donors (Lipinski definition) is 1. The summed E-state index contributed by atoms with van der Waals surface area (Å²) >= 11 is 0. The predicted molar refractivity (Wildman–Crippen MR) is 100 cm³/mol. The van der Waals surface area contributed by atoms with Crippen molar-refractivity contribution in [2.24, 2.45) is 0 Å². The molecular formula is C17H29NO5SSi. The molecular weight excluding hydrogens is 358 g/mol. The van der Waals surface area contributed by atoms with Crippen molar-refractivity contribution in [2.45, 2.75) is 56.8 Å². The molecule has 0 saturated heterocycles. The van der Waals surface area contributed by atoms with Crippen LogP contribution in [0.3, 0.4) is 0 Å². The fourth-order valence-corrected chi connectivity index (χ4v) is 3.96. The van der Waals surface area contributed by atoms with Gasteiger partial charge in [0, 0.05) is 0 Å². The van der Waals surface area contributed by atoms with Crippen molar-refractivity contribution >= 4 is 24.3 Å². The standard InChI is InChI=1S/C17H29NO5SSi/c1-13-8-10-14(11-9-13)24(20,21)18-15(16(19)22-5)12-23-25(6,7)17(2,3)4/h8-11,15,18H,12H2,1-7H3/t15-/m0/s1. The molecule has 0 fully saturated rings. The molecule has 8 heteroatoms. The van der Waals surface area contributed by atoms with Crippen LogP contribution in [0, 0.1) is 6.92 Å². The molecule has 1 atom stereocenters. The minimum atomic E-state index is -3.85. The van der Waals surface area contributed by atoms with Crippen molar-refractivity contribution in [1.29, 1.82) is 0 Å². The Kier molecular flexibility index (Phi) is 6.97. The SMILES string of the molecule is COC(=O)[C@H](CO[Si](C)(C)C(C)(C)C)NS(=O)(=O)c1ccc(C)cc1. The molecule has 0 unspecified atom stereocenters. The number of hydrogen-bond acceptors (Lipinski definition) is 5. The summed E-state index contributed by atoms with van der Waals surface area (Å²) in [6.45, 7) is 12.1. The van der Waals surface area contributed by atoms with E-state index >= 15 is 0 Å². The van der Waals surface area contributed by atoms with E-state index in [9.17, 15) is 13.2 Å². The summed E-state index contributed by atoms with van der Waals surface area (Å²) in [5.41, 5.74) is 0.949. The Hall–Kier alpha value is -1.22. The maximum atomic E-state index is 12.5. The van der Waals surface area contributed by atoms with Crippen molar-refractivity contribution in [3.8, 4) is 0 Å². The summed E-state index contributed by atoms with van der Waals surface area (Å²) < 4.78 is 38.2. The van der Waals surface area contributed by atoms with Gasteiger partial charge in [0.1, 0.15) is 6.04 Å². The van der Waals surface area contributed by atoms with Gasteiger partial charge in [0.05, 0.1) is 18.6 Å². The van der Waals surface area contributed by atoms with Gasteiger partial charge in [-0.25, -0.2) is 8.42 Å². The molecule has 0 heterocycles. The van der Waals surface area contributed by atoms with Crippen molar-refractivity contribution in [2.75, 3.05) is 13.7 Å². The molecule has 0 saturated carbocycles. The summed E-state index contributed by atoms with van der Waals surface area (Å²) in [7, 11) is -4.76. The van der Waals surface area contributed by atoms with E-state index in [1.165, 1.54) is 19.2 Å². The summed E-state index contributed by atoms with van der Waals surface area (Å²) in [5.74, 6) is -0.672. The first kappa shape index (κ1) is 21.8. The first-order valence-corrected chi connectivity index (χ1v) is 12.5. The van der Waals surface area contributed by atoms with Crippen LogP contribution in [-0.4, -0.2) is 42.5 Å². The Balaban J connectivity index is 2.97. The van der Waals surface area contributed by atoms with E-state index in [1.807, 2.05) is 20.0 Å². The Bertz CT molecular complexity index is 693. The van der Waals surface area contributed by atoms with Crippen LogP contribution in [-0.2, 0) is 24.0 Å². The number of benzene rings is 1. The molecule has 1 aromatic carbocycles. The molecule has 0 spiro atoms. The van der Waals surface area contributed by atoms with Gasteiger partial charge in [-0.05, 0) is 37.2 Å². The Morgan fingerprint density at radius 3 is 2.16 bits per heavy atom. The lowest BCUT2D eigenvalue weighted by atomic mass is 10.2. The maximum absolute atomic E-state index is 12.5. The van der Waals surface area contributed by atoms with Crippen LogP contribution in [0.4, 0.5) is 0 Å². The highest BCUT2D eigenvalue weighted by Gasteiger charge is 2.39. The number of sulfonamides is 1. The van der Waals surface area contributed by atoms with Crippen LogP contribution < -0.4 is 4.72 Å². The van der Waals surface area contributed by atoms with E-state index in [-0.39, 0.29) is 16.5 Å². The zero-order valence-corrected chi connectivity index (χ0v) is 17.9. The minimum Gasteiger partial charge on any atom is -0.468 e. The molecule has 1 rings (SSSR count). The molecule has 0 aliphatic rings. The molecule has 0 aromatic heterocycles. The van der Waals surface area contributed by atoms with E-state index in [0.717, 1.165) is 5.56 Å². The summed E-state index contributed by atoms with van der Waals surface area (Å²) in [4.78, 5) is 12.1. The highest BCUT2D eigenvalue weighted by Crippen LogP contribution is 2.36. The molecule has 1 aromatic rings. The first-order valence-electron chi connectivity index (χ1n) is 8.11. The third-order valence-electron chi connectivity index (χ3n) is 4.53. The second kappa shape index (κ2) is 7.99. The highest BCUT2D eigenvalue weighted by molar-refractivity contribution is 7.89. The predicted octanol–water partition coefficient (Wildman–Crippen LogP) is 2.84. The number of carbonyl (C=O) groups is 1. The lowest BCUT2D eigenvalue weighted by Crippen LogP contribution is -2.49. The lowest BCUT2D eigenvalue weighted by molar-refractivity contribution is -0.143. The van der Waals surface area contributed by atoms with Crippen molar-refractivity contribution in [3.63, 3.8) is 0 Å². The zero-order chi connectivity index (χ0) is 19.5. The van der Waals surface area contributed by atoms with Crippen LogP contribution in [0.2, 0.25) is 18.1 Å². The second-order valence-electron chi connectivity index (χ2n) is 7.58. The Morgan fingerprint density at radius 2 is 1.72 bits per heavy atom. The molecule has 0 aliphatic carbocycles. The number of aryl methyl sites for hydroxylation is 1. The molecule has 0 amide bonds. The van der Waals surface area contributed by atoms with Crippen LogP contribution in [0.25, 0.3) is 0 Å². The van der Waals surface area contributed by atoms with Crippen molar-refractivity contribution in [1.82, 2.24) is 4.72 Å². The van der Waals surface area contributed by atoms with E-state index in [0.29, 0.717) is 0 Å². The number of ether oxygens (including phenoxy) is 1. The number of esters is 1. The van der Waals surface area contributed by atoms with E-state index in [1.54, 1.807) is 12.1 Å². The topological polar surface area (TPSA) is 81.7 Å². The molecule has 6 nitrogen and oxygen atoms in total. The lowest BCUT2D eigenvalue weighted by Gasteiger charge is -2.37. The van der Waals surface area contributed by atoms with Crippen LogP contribution in [0.15, 0.2) is 29.2 Å². The van der Waals surface area contributed by atoms with E-state index in [4.69, 9.17) is 9.16 Å². The van der Waals surface area contributed by atoms with E-state index in [2.05, 4.69) is 25.5 Å². The van der Waals surface area contributed by atoms with Gasteiger partial charge in [0.2, 0.25) is 10.0 Å². The normalized spacial score (nSPS) is 14.2. The zero-order valence-electron chi connectivity index (χ0n) is 16.0. The highest BCUT2D eigenvalue weighted by atomic mass is 32.2.